The Bertz CT molecular complexity index is 626. The van der Waals surface area contributed by atoms with Crippen LogP contribution in [0.5, 0.6) is 0 Å². The first kappa shape index (κ1) is 15.5. The third-order valence-corrected chi connectivity index (χ3v) is 3.44. The molecule has 2 aromatic rings. The number of halogens is 1. The van der Waals surface area contributed by atoms with Gasteiger partial charge in [-0.15, -0.1) is 0 Å². The van der Waals surface area contributed by atoms with Gasteiger partial charge in [0.25, 0.3) is 0 Å². The van der Waals surface area contributed by atoms with Gasteiger partial charge in [0.2, 0.25) is 0 Å². The Balaban J connectivity index is 2.29. The van der Waals surface area contributed by atoms with Crippen LogP contribution >= 0.6 is 0 Å². The zero-order chi connectivity index (χ0) is 15.6. The van der Waals surface area contributed by atoms with Crippen LogP contribution in [0.1, 0.15) is 16.7 Å². The summed E-state index contributed by atoms with van der Waals surface area (Å²) in [5, 5.41) is 18.7. The van der Waals surface area contributed by atoms with Crippen LogP contribution in [0, 0.1) is 19.7 Å². The Morgan fingerprint density at radius 2 is 1.67 bits per heavy atom. The average Bonchev–Trinajstić information content (AvgIpc) is 2.39. The number of hydrogen-bond donors (Lipinski definition) is 2. The lowest BCUT2D eigenvalue weighted by molar-refractivity contribution is 0.425. The van der Waals surface area contributed by atoms with Crippen LogP contribution < -0.4 is 10.4 Å². The number of hydrogen-bond acceptors (Lipinski definition) is 3. The van der Waals surface area contributed by atoms with Crippen molar-refractivity contribution in [3.63, 3.8) is 0 Å². The van der Waals surface area contributed by atoms with Crippen molar-refractivity contribution < 1.29 is 14.4 Å². The van der Waals surface area contributed by atoms with Gasteiger partial charge in [-0.25, -0.2) is 4.39 Å². The van der Waals surface area contributed by atoms with Gasteiger partial charge in [-0.3, -0.25) is 0 Å². The normalized spacial score (nSPS) is 10.6. The van der Waals surface area contributed by atoms with Crippen LogP contribution in [0.4, 0.5) is 10.1 Å². The molecule has 0 spiro atoms. The number of benzene rings is 2. The fourth-order valence-electron chi connectivity index (χ4n) is 2.47. The summed E-state index contributed by atoms with van der Waals surface area (Å²) in [6.45, 7) is 4.53. The van der Waals surface area contributed by atoms with Gasteiger partial charge in [-0.05, 0) is 60.3 Å². The molecule has 3 nitrogen and oxygen atoms in total. The van der Waals surface area contributed by atoms with E-state index >= 15 is 0 Å². The fourth-order valence-corrected chi connectivity index (χ4v) is 2.47. The Kier molecular flexibility index (Phi) is 4.65. The zero-order valence-electron chi connectivity index (χ0n) is 12.5. The first-order valence-corrected chi connectivity index (χ1v) is 6.80. The maximum Gasteiger partial charge on any atom is 0.488 e. The molecule has 2 rings (SSSR count). The van der Waals surface area contributed by atoms with Crippen molar-refractivity contribution in [1.29, 1.82) is 0 Å². The van der Waals surface area contributed by atoms with E-state index in [1.165, 1.54) is 17.2 Å². The summed E-state index contributed by atoms with van der Waals surface area (Å²) < 4.78 is 13.2. The fraction of sp³-hybridized carbons (Fsp3) is 0.250. The third kappa shape index (κ3) is 3.83. The number of rotatable bonds is 4. The van der Waals surface area contributed by atoms with Gasteiger partial charge >= 0.3 is 7.12 Å². The standard InChI is InChI=1S/C16H19BFNO2/c1-11-6-12(2)8-15(7-11)19(3)10-13-4-5-14(18)9-16(13)17(20)21/h4-9,20-21H,10H2,1-3H3. The summed E-state index contributed by atoms with van der Waals surface area (Å²) in [6, 6.07) is 10.3. The summed E-state index contributed by atoms with van der Waals surface area (Å²) in [6.07, 6.45) is 0. The maximum absolute atomic E-state index is 13.2. The summed E-state index contributed by atoms with van der Waals surface area (Å²) in [4.78, 5) is 2.00. The molecule has 0 saturated carbocycles. The Morgan fingerprint density at radius 3 is 2.24 bits per heavy atom. The first-order valence-electron chi connectivity index (χ1n) is 6.80. The molecule has 0 amide bonds. The van der Waals surface area contributed by atoms with E-state index in [0.29, 0.717) is 12.1 Å². The monoisotopic (exact) mass is 287 g/mol. The van der Waals surface area contributed by atoms with Crippen LogP contribution in [0.2, 0.25) is 0 Å². The van der Waals surface area contributed by atoms with E-state index in [9.17, 15) is 14.4 Å². The van der Waals surface area contributed by atoms with Gasteiger partial charge in [0.15, 0.2) is 0 Å². The van der Waals surface area contributed by atoms with Gasteiger partial charge in [-0.2, -0.15) is 0 Å². The van der Waals surface area contributed by atoms with Crippen LogP contribution in [0.3, 0.4) is 0 Å². The molecule has 0 heterocycles. The molecular weight excluding hydrogens is 268 g/mol. The molecule has 110 valence electrons. The van der Waals surface area contributed by atoms with Crippen molar-refractivity contribution in [2.24, 2.45) is 0 Å². The van der Waals surface area contributed by atoms with E-state index < -0.39 is 12.9 Å². The largest absolute Gasteiger partial charge is 0.488 e. The molecule has 0 bridgehead atoms. The van der Waals surface area contributed by atoms with Gasteiger partial charge < -0.3 is 14.9 Å². The summed E-state index contributed by atoms with van der Waals surface area (Å²) >= 11 is 0. The van der Waals surface area contributed by atoms with Crippen molar-refractivity contribution in [3.8, 4) is 0 Å². The number of nitrogens with zero attached hydrogens (tertiary/aromatic N) is 1. The summed E-state index contributed by atoms with van der Waals surface area (Å²) in [7, 11) is 0.244. The topological polar surface area (TPSA) is 43.7 Å². The molecule has 0 unspecified atom stereocenters. The second-order valence-electron chi connectivity index (χ2n) is 5.42. The number of aryl methyl sites for hydroxylation is 2. The minimum atomic E-state index is -1.68. The Labute approximate surface area is 124 Å². The molecule has 0 aromatic heterocycles. The van der Waals surface area contributed by atoms with Crippen molar-refractivity contribution in [2.45, 2.75) is 20.4 Å². The quantitative estimate of drug-likeness (QED) is 0.842. The van der Waals surface area contributed by atoms with Crippen molar-refractivity contribution in [2.75, 3.05) is 11.9 Å². The van der Waals surface area contributed by atoms with Crippen molar-refractivity contribution >= 4 is 18.3 Å². The molecule has 0 aliphatic rings. The van der Waals surface area contributed by atoms with E-state index in [2.05, 4.69) is 18.2 Å². The number of anilines is 1. The molecule has 0 atom stereocenters. The molecule has 2 aromatic carbocycles. The van der Waals surface area contributed by atoms with E-state index in [-0.39, 0.29) is 5.46 Å². The smallest absolute Gasteiger partial charge is 0.423 e. The van der Waals surface area contributed by atoms with Crippen molar-refractivity contribution in [3.05, 3.63) is 58.9 Å². The average molecular weight is 287 g/mol. The second-order valence-corrected chi connectivity index (χ2v) is 5.42. The SMILES string of the molecule is Cc1cc(C)cc(N(C)Cc2ccc(F)cc2B(O)O)c1. The zero-order valence-corrected chi connectivity index (χ0v) is 12.5. The highest BCUT2D eigenvalue weighted by atomic mass is 19.1. The van der Waals surface area contributed by atoms with Gasteiger partial charge in [0.05, 0.1) is 0 Å². The van der Waals surface area contributed by atoms with Crippen molar-refractivity contribution in [1.82, 2.24) is 0 Å². The predicted molar refractivity (Wildman–Crippen MR) is 84.2 cm³/mol. The summed E-state index contributed by atoms with van der Waals surface area (Å²) in [5.41, 5.74) is 4.26. The first-order chi connectivity index (χ1) is 9.86. The van der Waals surface area contributed by atoms with Gasteiger partial charge in [-0.1, -0.05) is 12.1 Å². The summed E-state index contributed by atoms with van der Waals surface area (Å²) in [5.74, 6) is -0.476. The van der Waals surface area contributed by atoms with E-state index in [1.54, 1.807) is 6.07 Å². The maximum atomic E-state index is 13.2. The highest BCUT2D eigenvalue weighted by molar-refractivity contribution is 6.59. The van der Waals surface area contributed by atoms with Crippen LogP contribution in [0.15, 0.2) is 36.4 Å². The molecule has 0 radical (unpaired) electrons. The lowest BCUT2D eigenvalue weighted by atomic mass is 9.77. The minimum absolute atomic E-state index is 0.200. The highest BCUT2D eigenvalue weighted by Crippen LogP contribution is 2.19. The second kappa shape index (κ2) is 6.29. The highest BCUT2D eigenvalue weighted by Gasteiger charge is 2.18. The third-order valence-electron chi connectivity index (χ3n) is 3.44. The molecule has 2 N–H and O–H groups in total. The van der Waals surface area contributed by atoms with E-state index in [0.717, 1.165) is 11.8 Å². The lowest BCUT2D eigenvalue weighted by Crippen LogP contribution is -2.35. The van der Waals surface area contributed by atoms with Gasteiger partial charge in [0.1, 0.15) is 5.82 Å². The predicted octanol–water partition coefficient (Wildman–Crippen LogP) is 1.76. The van der Waals surface area contributed by atoms with Gasteiger partial charge in [0, 0.05) is 19.3 Å². The Morgan fingerprint density at radius 1 is 1.05 bits per heavy atom. The Hall–Kier alpha value is -1.85. The molecule has 0 fully saturated rings. The lowest BCUT2D eigenvalue weighted by Gasteiger charge is -2.22. The van der Waals surface area contributed by atoms with Crippen LogP contribution in [-0.4, -0.2) is 24.2 Å². The van der Waals surface area contributed by atoms with E-state index in [4.69, 9.17) is 0 Å². The molecular formula is C16H19BFNO2. The van der Waals surface area contributed by atoms with E-state index in [1.807, 2.05) is 25.8 Å². The van der Waals surface area contributed by atoms with Crippen LogP contribution in [0.25, 0.3) is 0 Å². The molecule has 5 heteroatoms. The molecule has 21 heavy (non-hydrogen) atoms. The minimum Gasteiger partial charge on any atom is -0.423 e. The molecule has 0 saturated heterocycles. The molecule has 0 aliphatic heterocycles. The molecule has 0 aliphatic carbocycles. The van der Waals surface area contributed by atoms with Crippen LogP contribution in [-0.2, 0) is 6.54 Å².